The van der Waals surface area contributed by atoms with Crippen LogP contribution in [0.15, 0.2) is 0 Å². The minimum Gasteiger partial charge on any atom is -0.353 e. The van der Waals surface area contributed by atoms with Crippen LogP contribution in [0.1, 0.15) is 46.0 Å². The molecular weight excluding hydrogens is 266 g/mol. The summed E-state index contributed by atoms with van der Waals surface area (Å²) < 4.78 is 0. The van der Waals surface area contributed by atoms with Crippen molar-refractivity contribution in [3.05, 3.63) is 0 Å². The van der Waals surface area contributed by atoms with Gasteiger partial charge in [0, 0.05) is 31.0 Å². The van der Waals surface area contributed by atoms with Crippen molar-refractivity contribution in [2.24, 2.45) is 23.5 Å². The molecule has 1 saturated heterocycles. The number of likely N-dealkylation sites (tertiary alicyclic amines) is 1. The van der Waals surface area contributed by atoms with E-state index in [1.807, 2.05) is 18.7 Å². The van der Waals surface area contributed by atoms with Gasteiger partial charge >= 0.3 is 0 Å². The first-order valence-corrected chi connectivity index (χ1v) is 8.32. The van der Waals surface area contributed by atoms with Gasteiger partial charge in [0.15, 0.2) is 0 Å². The third-order valence-electron chi connectivity index (χ3n) is 4.96. The van der Waals surface area contributed by atoms with Gasteiger partial charge in [-0.3, -0.25) is 9.59 Å². The average molecular weight is 295 g/mol. The first kappa shape index (κ1) is 16.3. The van der Waals surface area contributed by atoms with Gasteiger partial charge in [-0.1, -0.05) is 20.3 Å². The molecule has 2 rings (SSSR count). The quantitative estimate of drug-likeness (QED) is 0.816. The summed E-state index contributed by atoms with van der Waals surface area (Å²) in [6.07, 6.45) is 4.94. The highest BCUT2D eigenvalue weighted by molar-refractivity contribution is 5.80. The van der Waals surface area contributed by atoms with Crippen molar-refractivity contribution in [2.75, 3.05) is 19.6 Å². The number of amides is 2. The third kappa shape index (κ3) is 3.96. The fourth-order valence-electron chi connectivity index (χ4n) is 3.49. The standard InChI is InChI=1S/C16H29N3O2/c1-11(2)15(20)18-13-6-8-19(9-7-13)16(21)14-5-3-4-12(14)10-17/h11-14H,3-10,17H2,1-2H3,(H,18,20). The lowest BCUT2D eigenvalue weighted by Crippen LogP contribution is -2.49. The van der Waals surface area contributed by atoms with Crippen LogP contribution in [0, 0.1) is 17.8 Å². The van der Waals surface area contributed by atoms with Crippen molar-refractivity contribution in [2.45, 2.75) is 52.0 Å². The van der Waals surface area contributed by atoms with E-state index in [0.29, 0.717) is 12.5 Å². The first-order chi connectivity index (χ1) is 10.0. The summed E-state index contributed by atoms with van der Waals surface area (Å²) in [7, 11) is 0. The van der Waals surface area contributed by atoms with Gasteiger partial charge in [0.25, 0.3) is 0 Å². The van der Waals surface area contributed by atoms with Crippen molar-refractivity contribution < 1.29 is 9.59 Å². The van der Waals surface area contributed by atoms with Crippen LogP contribution >= 0.6 is 0 Å². The van der Waals surface area contributed by atoms with Crippen molar-refractivity contribution in [3.63, 3.8) is 0 Å². The molecule has 0 aromatic heterocycles. The fourth-order valence-corrected chi connectivity index (χ4v) is 3.49. The van der Waals surface area contributed by atoms with E-state index in [0.717, 1.165) is 45.2 Å². The first-order valence-electron chi connectivity index (χ1n) is 8.32. The highest BCUT2D eigenvalue weighted by atomic mass is 16.2. The molecule has 1 aliphatic heterocycles. The Hall–Kier alpha value is -1.10. The number of carbonyl (C=O) groups is 2. The lowest BCUT2D eigenvalue weighted by Gasteiger charge is -2.35. The Bertz CT molecular complexity index is 376. The van der Waals surface area contributed by atoms with E-state index in [1.165, 1.54) is 0 Å². The number of nitrogens with one attached hydrogen (secondary N) is 1. The number of nitrogens with two attached hydrogens (primary N) is 1. The average Bonchev–Trinajstić information content (AvgIpc) is 2.95. The predicted molar refractivity (Wildman–Crippen MR) is 82.5 cm³/mol. The molecule has 21 heavy (non-hydrogen) atoms. The van der Waals surface area contributed by atoms with E-state index in [-0.39, 0.29) is 29.7 Å². The van der Waals surface area contributed by atoms with Crippen LogP contribution in [-0.2, 0) is 9.59 Å². The summed E-state index contributed by atoms with van der Waals surface area (Å²) in [5.41, 5.74) is 5.78. The van der Waals surface area contributed by atoms with Crippen molar-refractivity contribution in [3.8, 4) is 0 Å². The number of rotatable bonds is 4. The van der Waals surface area contributed by atoms with Crippen molar-refractivity contribution >= 4 is 11.8 Å². The molecule has 2 amide bonds. The minimum absolute atomic E-state index is 0.0217. The van der Waals surface area contributed by atoms with E-state index in [1.54, 1.807) is 0 Å². The Balaban J connectivity index is 1.81. The molecule has 1 heterocycles. The van der Waals surface area contributed by atoms with Crippen LogP contribution in [0.25, 0.3) is 0 Å². The molecule has 1 saturated carbocycles. The molecular formula is C16H29N3O2. The molecule has 2 fully saturated rings. The second-order valence-corrected chi connectivity index (χ2v) is 6.80. The van der Waals surface area contributed by atoms with E-state index in [9.17, 15) is 9.59 Å². The van der Waals surface area contributed by atoms with Gasteiger partial charge in [0.05, 0.1) is 0 Å². The number of carbonyl (C=O) groups excluding carboxylic acids is 2. The van der Waals surface area contributed by atoms with Crippen LogP contribution in [-0.4, -0.2) is 42.4 Å². The number of piperidine rings is 1. The maximum Gasteiger partial charge on any atom is 0.226 e. The van der Waals surface area contributed by atoms with E-state index >= 15 is 0 Å². The van der Waals surface area contributed by atoms with Crippen molar-refractivity contribution in [1.82, 2.24) is 10.2 Å². The number of hydrogen-bond donors (Lipinski definition) is 2. The monoisotopic (exact) mass is 295 g/mol. The van der Waals surface area contributed by atoms with Gasteiger partial charge in [-0.25, -0.2) is 0 Å². The van der Waals surface area contributed by atoms with Crippen LogP contribution < -0.4 is 11.1 Å². The van der Waals surface area contributed by atoms with Gasteiger partial charge in [0.1, 0.15) is 0 Å². The zero-order valence-corrected chi connectivity index (χ0v) is 13.3. The molecule has 120 valence electrons. The summed E-state index contributed by atoms with van der Waals surface area (Å²) in [6, 6.07) is 0.220. The van der Waals surface area contributed by atoms with Crippen molar-refractivity contribution in [1.29, 1.82) is 0 Å². The Labute approximate surface area is 127 Å². The smallest absolute Gasteiger partial charge is 0.226 e. The zero-order chi connectivity index (χ0) is 15.4. The normalized spacial score (nSPS) is 27.1. The van der Waals surface area contributed by atoms with Crippen LogP contribution in [0.5, 0.6) is 0 Å². The molecule has 3 N–H and O–H groups in total. The van der Waals surface area contributed by atoms with Crippen LogP contribution in [0.3, 0.4) is 0 Å². The summed E-state index contributed by atoms with van der Waals surface area (Å²) in [5, 5.41) is 3.07. The summed E-state index contributed by atoms with van der Waals surface area (Å²) in [5.74, 6) is 0.927. The molecule has 0 spiro atoms. The van der Waals surface area contributed by atoms with E-state index < -0.39 is 0 Å². The Morgan fingerprint density at radius 3 is 2.43 bits per heavy atom. The van der Waals surface area contributed by atoms with E-state index in [4.69, 9.17) is 5.73 Å². The van der Waals surface area contributed by atoms with Gasteiger partial charge < -0.3 is 16.0 Å². The topological polar surface area (TPSA) is 75.4 Å². The third-order valence-corrected chi connectivity index (χ3v) is 4.96. The second kappa shape index (κ2) is 7.25. The molecule has 0 aromatic rings. The molecule has 1 aliphatic carbocycles. The van der Waals surface area contributed by atoms with Crippen LogP contribution in [0.4, 0.5) is 0 Å². The molecule has 2 unspecified atom stereocenters. The largest absolute Gasteiger partial charge is 0.353 e. The Kier molecular flexibility index (Phi) is 5.62. The Morgan fingerprint density at radius 2 is 1.86 bits per heavy atom. The van der Waals surface area contributed by atoms with Gasteiger partial charge in [-0.2, -0.15) is 0 Å². The molecule has 0 bridgehead atoms. The lowest BCUT2D eigenvalue weighted by atomic mass is 9.93. The molecule has 5 nitrogen and oxygen atoms in total. The fraction of sp³-hybridized carbons (Fsp3) is 0.875. The lowest BCUT2D eigenvalue weighted by molar-refractivity contribution is -0.137. The maximum atomic E-state index is 12.6. The molecule has 5 heteroatoms. The molecule has 0 radical (unpaired) electrons. The highest BCUT2D eigenvalue weighted by Crippen LogP contribution is 2.33. The summed E-state index contributed by atoms with van der Waals surface area (Å²) in [4.78, 5) is 26.3. The van der Waals surface area contributed by atoms with Gasteiger partial charge in [-0.15, -0.1) is 0 Å². The van der Waals surface area contributed by atoms with E-state index in [2.05, 4.69) is 5.32 Å². The Morgan fingerprint density at radius 1 is 1.19 bits per heavy atom. The molecule has 0 aromatic carbocycles. The highest BCUT2D eigenvalue weighted by Gasteiger charge is 2.36. The number of hydrogen-bond acceptors (Lipinski definition) is 3. The van der Waals surface area contributed by atoms with Crippen LogP contribution in [0.2, 0.25) is 0 Å². The zero-order valence-electron chi connectivity index (χ0n) is 13.3. The van der Waals surface area contributed by atoms with Gasteiger partial charge in [0.2, 0.25) is 11.8 Å². The SMILES string of the molecule is CC(C)C(=O)NC1CCN(C(=O)C2CCCC2CN)CC1. The second-order valence-electron chi connectivity index (χ2n) is 6.80. The number of nitrogens with zero attached hydrogens (tertiary/aromatic N) is 1. The maximum absolute atomic E-state index is 12.6. The summed E-state index contributed by atoms with van der Waals surface area (Å²) in [6.45, 7) is 5.95. The minimum atomic E-state index is 0.0217. The molecule has 2 aliphatic rings. The summed E-state index contributed by atoms with van der Waals surface area (Å²) >= 11 is 0. The predicted octanol–water partition coefficient (Wildman–Crippen LogP) is 1.12. The molecule has 2 atom stereocenters. The van der Waals surface area contributed by atoms with Gasteiger partial charge in [-0.05, 0) is 38.1 Å².